The van der Waals surface area contributed by atoms with Gasteiger partial charge in [0.2, 0.25) is 5.83 Å². The second kappa shape index (κ2) is 15.4. The molecule has 0 aliphatic carbocycles. The van der Waals surface area contributed by atoms with Crippen LogP contribution in [0.2, 0.25) is 0 Å². The molecule has 0 bridgehead atoms. The van der Waals surface area contributed by atoms with Gasteiger partial charge in [0.05, 0.1) is 18.4 Å². The number of carbonyl (C=O) groups excluding carboxylic acids is 1. The zero-order valence-electron chi connectivity index (χ0n) is 22.4. The molecule has 1 aliphatic rings. The van der Waals surface area contributed by atoms with Crippen LogP contribution in [0.1, 0.15) is 25.8 Å². The molecule has 0 saturated heterocycles. The third-order valence-electron chi connectivity index (χ3n) is 5.51. The van der Waals surface area contributed by atoms with Crippen LogP contribution in [0.5, 0.6) is 0 Å². The van der Waals surface area contributed by atoms with Gasteiger partial charge in [0.15, 0.2) is 0 Å². The van der Waals surface area contributed by atoms with Crippen molar-refractivity contribution in [3.8, 4) is 12.3 Å². The van der Waals surface area contributed by atoms with E-state index in [0.717, 1.165) is 17.1 Å². The van der Waals surface area contributed by atoms with Crippen molar-refractivity contribution in [3.63, 3.8) is 0 Å². The normalized spacial score (nSPS) is 15.3. The van der Waals surface area contributed by atoms with E-state index >= 15 is 0 Å². The first kappa shape index (κ1) is 33.8. The summed E-state index contributed by atoms with van der Waals surface area (Å²) in [5, 5.41) is 3.78. The molecule has 2 aromatic rings. The summed E-state index contributed by atoms with van der Waals surface area (Å²) in [6.45, 7) is 6.01. The number of likely N-dealkylation sites (N-methyl/N-ethyl adjacent to an activating group) is 1. The van der Waals surface area contributed by atoms with E-state index in [1.807, 2.05) is 13.8 Å². The number of fused-ring (bicyclic) bond motifs is 1. The maximum Gasteiger partial charge on any atom is 0.416 e. The van der Waals surface area contributed by atoms with Crippen LogP contribution in [0.4, 0.5) is 30.7 Å². The van der Waals surface area contributed by atoms with E-state index in [1.54, 1.807) is 36.4 Å². The van der Waals surface area contributed by atoms with Crippen LogP contribution < -0.4 is 5.32 Å². The number of alkyl halides is 5. The van der Waals surface area contributed by atoms with E-state index in [1.165, 1.54) is 19.0 Å². The number of amides is 1. The molecule has 1 amide bonds. The fourth-order valence-electron chi connectivity index (χ4n) is 3.62. The van der Waals surface area contributed by atoms with Crippen molar-refractivity contribution in [1.82, 2.24) is 10.2 Å². The Balaban J connectivity index is 0.00000191. The second-order valence-electron chi connectivity index (χ2n) is 7.74. The number of rotatable bonds is 6. The largest absolute Gasteiger partial charge is 0.416 e. The quantitative estimate of drug-likeness (QED) is 0.282. The van der Waals surface area contributed by atoms with Crippen LogP contribution in [-0.2, 0) is 4.79 Å². The van der Waals surface area contributed by atoms with Crippen molar-refractivity contribution in [2.24, 2.45) is 0 Å². The third-order valence-corrected chi connectivity index (χ3v) is 5.51. The smallest absolute Gasteiger partial charge is 0.341 e. The zero-order chi connectivity index (χ0) is 30.6. The van der Waals surface area contributed by atoms with Gasteiger partial charge in [-0.2, -0.15) is 17.6 Å². The number of benzene rings is 2. The molecule has 0 unspecified atom stereocenters. The number of nitrogens with one attached hydrogen (secondary N) is 1. The highest BCUT2D eigenvalue weighted by Crippen LogP contribution is 2.40. The van der Waals surface area contributed by atoms with Crippen molar-refractivity contribution in [3.05, 3.63) is 101 Å². The Labute approximate surface area is 229 Å². The summed E-state index contributed by atoms with van der Waals surface area (Å²) < 4.78 is 92.2. The van der Waals surface area contributed by atoms with Crippen LogP contribution in [0.15, 0.2) is 95.5 Å². The van der Waals surface area contributed by atoms with Gasteiger partial charge in [0.1, 0.15) is 18.3 Å². The number of terminal acetylenes is 1. The maximum absolute atomic E-state index is 14.0. The molecule has 2 aromatic carbocycles. The summed E-state index contributed by atoms with van der Waals surface area (Å²) in [6.07, 6.45) is 1.12. The standard InChI is InChI=1S/C27H20F6N2O.C2H6.CH3F/c1-4-21(29)22(30)13-12-18(15-28)23-14-24(36)35(3)26(34-23)25(16(2)27(31,32)33)20-11-7-9-17-8-5-6-10-19(17)20;2*1-2/h1,5-12,14,34H,2,13,15H2,3H3;1-2H3;1H3/b18-12+,22-21-,26-25+;;. The van der Waals surface area contributed by atoms with Gasteiger partial charge in [-0.05, 0) is 22.3 Å². The van der Waals surface area contributed by atoms with Crippen molar-refractivity contribution in [2.45, 2.75) is 26.4 Å². The van der Waals surface area contributed by atoms with Gasteiger partial charge in [0, 0.05) is 30.7 Å². The van der Waals surface area contributed by atoms with Crippen LogP contribution in [0, 0.1) is 12.3 Å². The first-order chi connectivity index (χ1) is 19.0. The molecule has 10 heteroatoms. The van der Waals surface area contributed by atoms with E-state index in [4.69, 9.17) is 6.42 Å². The molecule has 0 aromatic heterocycles. The number of nitrogens with zero attached hydrogens (tertiary/aromatic N) is 1. The fourth-order valence-corrected chi connectivity index (χ4v) is 3.62. The van der Waals surface area contributed by atoms with Gasteiger partial charge in [0.25, 0.3) is 5.91 Å². The summed E-state index contributed by atoms with van der Waals surface area (Å²) in [4.78, 5) is 13.7. The van der Waals surface area contributed by atoms with Gasteiger partial charge < -0.3 is 5.32 Å². The Bertz CT molecular complexity index is 1390. The molecule has 214 valence electrons. The summed E-state index contributed by atoms with van der Waals surface area (Å²) >= 11 is 0. The first-order valence-corrected chi connectivity index (χ1v) is 11.9. The zero-order valence-corrected chi connectivity index (χ0v) is 22.4. The predicted molar refractivity (Wildman–Crippen MR) is 145 cm³/mol. The highest BCUT2D eigenvalue weighted by molar-refractivity contribution is 6.01. The predicted octanol–water partition coefficient (Wildman–Crippen LogP) is 8.25. The Morgan fingerprint density at radius 1 is 1.10 bits per heavy atom. The molecule has 40 heavy (non-hydrogen) atoms. The molecule has 1 aliphatic heterocycles. The summed E-state index contributed by atoms with van der Waals surface area (Å²) in [5.74, 6) is -2.39. The topological polar surface area (TPSA) is 32.3 Å². The Kier molecular flexibility index (Phi) is 13.0. The molecule has 0 spiro atoms. The molecule has 0 fully saturated rings. The minimum absolute atomic E-state index is 0.134. The molecule has 0 saturated carbocycles. The third kappa shape index (κ3) is 7.88. The number of allylic oxidation sites excluding steroid dienone is 6. The molecule has 1 heterocycles. The van der Waals surface area contributed by atoms with Crippen LogP contribution >= 0.6 is 0 Å². The average Bonchev–Trinajstić information content (AvgIpc) is 2.96. The van der Waals surface area contributed by atoms with E-state index in [9.17, 15) is 35.5 Å². The summed E-state index contributed by atoms with van der Waals surface area (Å²) in [7, 11) is 1.75. The number of carbonyl (C=O) groups is 1. The Morgan fingerprint density at radius 3 is 2.27 bits per heavy atom. The molecular weight excluding hydrogens is 537 g/mol. The van der Waals surface area contributed by atoms with Gasteiger partial charge in [-0.15, -0.1) is 6.42 Å². The molecular formula is C30H29F7N2O. The van der Waals surface area contributed by atoms with Crippen molar-refractivity contribution >= 4 is 22.3 Å². The molecule has 0 radical (unpaired) electrons. The monoisotopic (exact) mass is 566 g/mol. The number of hydrogen-bond acceptors (Lipinski definition) is 2. The van der Waals surface area contributed by atoms with Gasteiger partial charge in [-0.1, -0.05) is 69.0 Å². The van der Waals surface area contributed by atoms with Crippen LogP contribution in [0.25, 0.3) is 16.3 Å². The number of hydrogen-bond donors (Lipinski definition) is 1. The summed E-state index contributed by atoms with van der Waals surface area (Å²) in [5.41, 5.74) is -2.02. The fraction of sp³-hybridized carbons (Fsp3) is 0.233. The lowest BCUT2D eigenvalue weighted by atomic mass is 9.92. The van der Waals surface area contributed by atoms with Crippen molar-refractivity contribution in [2.75, 3.05) is 20.9 Å². The lowest BCUT2D eigenvalue weighted by Crippen LogP contribution is -2.39. The maximum atomic E-state index is 14.0. The summed E-state index contributed by atoms with van der Waals surface area (Å²) in [6, 6.07) is 11.4. The van der Waals surface area contributed by atoms with Crippen molar-refractivity contribution in [1.29, 1.82) is 0 Å². The van der Waals surface area contributed by atoms with Gasteiger partial charge >= 0.3 is 6.18 Å². The molecule has 0 atom stereocenters. The van der Waals surface area contributed by atoms with E-state index < -0.39 is 48.0 Å². The molecule has 3 nitrogen and oxygen atoms in total. The minimum atomic E-state index is -4.87. The van der Waals surface area contributed by atoms with E-state index in [2.05, 4.69) is 11.9 Å². The van der Waals surface area contributed by atoms with Gasteiger partial charge in [-0.3, -0.25) is 14.1 Å². The van der Waals surface area contributed by atoms with E-state index in [-0.39, 0.29) is 22.7 Å². The highest BCUT2D eigenvalue weighted by atomic mass is 19.4. The van der Waals surface area contributed by atoms with Gasteiger partial charge in [-0.25, -0.2) is 8.78 Å². The molecule has 3 rings (SSSR count). The van der Waals surface area contributed by atoms with E-state index in [0.29, 0.717) is 17.9 Å². The Hall–Kier alpha value is -4.26. The first-order valence-electron chi connectivity index (χ1n) is 11.9. The van der Waals surface area contributed by atoms with Crippen LogP contribution in [-0.4, -0.2) is 37.9 Å². The average molecular weight is 567 g/mol. The minimum Gasteiger partial charge on any atom is -0.341 e. The SMILES string of the molecule is C#C/C(F)=C(/F)C/C=C(\CF)C1=CC(=O)N(C)/C(=C(\C(=C)C(F)(F)F)c2cccc3ccccc23)N1.CC.CF. The number of halogens is 7. The molecule has 1 N–H and O–H groups in total. The Morgan fingerprint density at radius 2 is 1.70 bits per heavy atom. The lowest BCUT2D eigenvalue weighted by Gasteiger charge is -2.31. The van der Waals surface area contributed by atoms with Crippen molar-refractivity contribution < 1.29 is 35.5 Å². The lowest BCUT2D eigenvalue weighted by molar-refractivity contribution is -0.123. The second-order valence-corrected chi connectivity index (χ2v) is 7.74. The highest BCUT2D eigenvalue weighted by Gasteiger charge is 2.38. The van der Waals surface area contributed by atoms with Crippen LogP contribution in [0.3, 0.4) is 0 Å².